The third kappa shape index (κ3) is 6.83. The van der Waals surface area contributed by atoms with Crippen molar-refractivity contribution in [1.29, 1.82) is 0 Å². The Balaban J connectivity index is 1.58. The van der Waals surface area contributed by atoms with Gasteiger partial charge in [-0.25, -0.2) is 0 Å². The zero-order valence-electron chi connectivity index (χ0n) is 23.1. The minimum atomic E-state index is -0.744. The maximum Gasteiger partial charge on any atom is 0.243 e. The Morgan fingerprint density at radius 2 is 1.56 bits per heavy atom. The monoisotopic (exact) mass is 529 g/mol. The summed E-state index contributed by atoms with van der Waals surface area (Å²) in [5.41, 5.74) is 2.97. The number of amides is 4. The number of allylic oxidation sites excluding steroid dienone is 2. The van der Waals surface area contributed by atoms with Gasteiger partial charge in [0.1, 0.15) is 6.04 Å². The molecule has 0 bridgehead atoms. The standard InChI is InChI=1S/C32H39N3O4/c1-4-23(3)33-30(37)28(20-24-10-6-5-7-11-24)35(21-25-16-14-22(2)15-17-25)29(36)18-19-34-31(38)26-12-8-9-13-27(26)32(34)39/h5-11,14-17,23,26-28H,4,12-13,18-21H2,1-3H3,(H,33,37)/t23-,26-,27+,28+/m1/s1. The fraction of sp³-hybridized carbons (Fsp3) is 0.438. The van der Waals surface area contributed by atoms with Crippen LogP contribution < -0.4 is 5.32 Å². The van der Waals surface area contributed by atoms with Gasteiger partial charge >= 0.3 is 0 Å². The number of aryl methyl sites for hydroxylation is 1. The lowest BCUT2D eigenvalue weighted by atomic mass is 9.85. The lowest BCUT2D eigenvalue weighted by Crippen LogP contribution is -2.52. The summed E-state index contributed by atoms with van der Waals surface area (Å²) in [4.78, 5) is 56.3. The SMILES string of the molecule is CC[C@@H](C)NC(=O)[C@H](Cc1ccccc1)N(Cc1ccc(C)cc1)C(=O)CCN1C(=O)[C@H]2CC=CC[C@H]2C1=O. The normalized spacial score (nSPS) is 19.9. The van der Waals surface area contributed by atoms with Crippen molar-refractivity contribution in [2.45, 2.75) is 71.5 Å². The molecule has 1 aliphatic heterocycles. The van der Waals surface area contributed by atoms with E-state index < -0.39 is 6.04 Å². The van der Waals surface area contributed by atoms with Crippen LogP contribution in [0.4, 0.5) is 0 Å². The van der Waals surface area contributed by atoms with E-state index in [2.05, 4.69) is 5.32 Å². The number of imide groups is 1. The van der Waals surface area contributed by atoms with Crippen LogP contribution in [0.5, 0.6) is 0 Å². The second kappa shape index (κ2) is 12.9. The predicted molar refractivity (Wildman–Crippen MR) is 150 cm³/mol. The predicted octanol–water partition coefficient (Wildman–Crippen LogP) is 4.19. The Labute approximate surface area is 231 Å². The quantitative estimate of drug-likeness (QED) is 0.349. The maximum absolute atomic E-state index is 13.9. The molecule has 2 aromatic rings. The van der Waals surface area contributed by atoms with Crippen LogP contribution in [-0.4, -0.2) is 52.1 Å². The Bertz CT molecular complexity index is 1180. The summed E-state index contributed by atoms with van der Waals surface area (Å²) >= 11 is 0. The minimum Gasteiger partial charge on any atom is -0.352 e. The fourth-order valence-electron chi connectivity index (χ4n) is 5.33. The Kier molecular flexibility index (Phi) is 9.33. The van der Waals surface area contributed by atoms with E-state index in [-0.39, 0.29) is 61.0 Å². The first kappa shape index (κ1) is 28.3. The summed E-state index contributed by atoms with van der Waals surface area (Å²) in [7, 11) is 0. The van der Waals surface area contributed by atoms with Crippen LogP contribution in [0.3, 0.4) is 0 Å². The molecule has 7 nitrogen and oxygen atoms in total. The van der Waals surface area contributed by atoms with Crippen molar-refractivity contribution in [3.63, 3.8) is 0 Å². The average molecular weight is 530 g/mol. The molecule has 0 unspecified atom stereocenters. The minimum absolute atomic E-state index is 0.0267. The molecule has 1 aliphatic carbocycles. The van der Waals surface area contributed by atoms with E-state index in [0.29, 0.717) is 19.3 Å². The van der Waals surface area contributed by atoms with Gasteiger partial charge in [-0.1, -0.05) is 79.2 Å². The maximum atomic E-state index is 13.9. The molecule has 0 saturated carbocycles. The molecule has 4 atom stereocenters. The molecule has 1 saturated heterocycles. The van der Waals surface area contributed by atoms with Crippen LogP contribution in [-0.2, 0) is 32.1 Å². The molecule has 2 aromatic carbocycles. The molecular formula is C32H39N3O4. The molecular weight excluding hydrogens is 490 g/mol. The number of fused-ring (bicyclic) bond motifs is 1. The van der Waals surface area contributed by atoms with Gasteiger partial charge in [0, 0.05) is 32.0 Å². The Morgan fingerprint density at radius 1 is 0.949 bits per heavy atom. The molecule has 4 rings (SSSR count). The first-order chi connectivity index (χ1) is 18.8. The van der Waals surface area contributed by atoms with Crippen molar-refractivity contribution in [3.05, 3.63) is 83.4 Å². The van der Waals surface area contributed by atoms with Crippen LogP contribution in [0, 0.1) is 18.8 Å². The zero-order chi connectivity index (χ0) is 27.9. The van der Waals surface area contributed by atoms with Crippen LogP contribution in [0.15, 0.2) is 66.7 Å². The number of carbonyl (C=O) groups is 4. The number of likely N-dealkylation sites (tertiary alicyclic amines) is 1. The second-order valence-corrected chi connectivity index (χ2v) is 10.8. The van der Waals surface area contributed by atoms with Gasteiger partial charge in [0.2, 0.25) is 23.6 Å². The van der Waals surface area contributed by atoms with Crippen LogP contribution in [0.25, 0.3) is 0 Å². The van der Waals surface area contributed by atoms with Crippen molar-refractivity contribution < 1.29 is 19.2 Å². The molecule has 0 radical (unpaired) electrons. The van der Waals surface area contributed by atoms with Crippen LogP contribution >= 0.6 is 0 Å². The van der Waals surface area contributed by atoms with E-state index in [1.165, 1.54) is 4.90 Å². The fourth-order valence-corrected chi connectivity index (χ4v) is 5.33. The summed E-state index contributed by atoms with van der Waals surface area (Å²) in [6.07, 6.45) is 6.13. The highest BCUT2D eigenvalue weighted by atomic mass is 16.2. The molecule has 206 valence electrons. The molecule has 0 spiro atoms. The van der Waals surface area contributed by atoms with Crippen molar-refractivity contribution in [1.82, 2.24) is 15.1 Å². The van der Waals surface area contributed by atoms with Crippen molar-refractivity contribution in [2.24, 2.45) is 11.8 Å². The Morgan fingerprint density at radius 3 is 2.15 bits per heavy atom. The van der Waals surface area contributed by atoms with Gasteiger partial charge < -0.3 is 10.2 Å². The number of carbonyl (C=O) groups excluding carboxylic acids is 4. The third-order valence-electron chi connectivity index (χ3n) is 7.89. The van der Waals surface area contributed by atoms with Gasteiger partial charge in [0.05, 0.1) is 11.8 Å². The van der Waals surface area contributed by atoms with Gasteiger partial charge in [0.15, 0.2) is 0 Å². The number of nitrogens with zero attached hydrogens (tertiary/aromatic N) is 2. The van der Waals surface area contributed by atoms with Gasteiger partial charge in [-0.2, -0.15) is 0 Å². The van der Waals surface area contributed by atoms with Crippen LogP contribution in [0.2, 0.25) is 0 Å². The Hall–Kier alpha value is -3.74. The van der Waals surface area contributed by atoms with Crippen molar-refractivity contribution in [2.75, 3.05) is 6.54 Å². The van der Waals surface area contributed by atoms with Crippen molar-refractivity contribution in [3.8, 4) is 0 Å². The van der Waals surface area contributed by atoms with E-state index in [4.69, 9.17) is 0 Å². The molecule has 1 heterocycles. The van der Waals surface area contributed by atoms with Crippen molar-refractivity contribution >= 4 is 23.6 Å². The topological polar surface area (TPSA) is 86.8 Å². The van der Waals surface area contributed by atoms with Gasteiger partial charge in [-0.05, 0) is 44.2 Å². The molecule has 0 aromatic heterocycles. The molecule has 1 fully saturated rings. The van der Waals surface area contributed by atoms with E-state index >= 15 is 0 Å². The lowest BCUT2D eigenvalue weighted by Gasteiger charge is -2.33. The summed E-state index contributed by atoms with van der Waals surface area (Å²) < 4.78 is 0. The second-order valence-electron chi connectivity index (χ2n) is 10.8. The average Bonchev–Trinajstić information content (AvgIpc) is 3.19. The third-order valence-corrected chi connectivity index (χ3v) is 7.89. The molecule has 7 heteroatoms. The highest BCUT2D eigenvalue weighted by molar-refractivity contribution is 6.05. The lowest BCUT2D eigenvalue weighted by molar-refractivity contribution is -0.144. The number of hydrogen-bond donors (Lipinski definition) is 1. The summed E-state index contributed by atoms with van der Waals surface area (Å²) in [5, 5.41) is 3.07. The smallest absolute Gasteiger partial charge is 0.243 e. The summed E-state index contributed by atoms with van der Waals surface area (Å²) in [6.45, 7) is 6.23. The highest BCUT2D eigenvalue weighted by Crippen LogP contribution is 2.35. The molecule has 2 aliphatic rings. The molecule has 1 N–H and O–H groups in total. The number of hydrogen-bond acceptors (Lipinski definition) is 4. The first-order valence-corrected chi connectivity index (χ1v) is 14.0. The largest absolute Gasteiger partial charge is 0.352 e. The van der Waals surface area contributed by atoms with E-state index in [1.54, 1.807) is 4.90 Å². The van der Waals surface area contributed by atoms with Gasteiger partial charge in [-0.3, -0.25) is 24.1 Å². The van der Waals surface area contributed by atoms with Gasteiger partial charge in [-0.15, -0.1) is 0 Å². The highest BCUT2D eigenvalue weighted by Gasteiger charge is 2.47. The number of benzene rings is 2. The van der Waals surface area contributed by atoms with E-state index in [1.807, 2.05) is 87.5 Å². The first-order valence-electron chi connectivity index (χ1n) is 14.0. The van der Waals surface area contributed by atoms with E-state index in [0.717, 1.165) is 23.1 Å². The van der Waals surface area contributed by atoms with Gasteiger partial charge in [0.25, 0.3) is 0 Å². The number of nitrogens with one attached hydrogen (secondary N) is 1. The molecule has 39 heavy (non-hydrogen) atoms. The van der Waals surface area contributed by atoms with Crippen LogP contribution in [0.1, 0.15) is 56.2 Å². The zero-order valence-corrected chi connectivity index (χ0v) is 23.1. The summed E-state index contributed by atoms with van der Waals surface area (Å²) in [6, 6.07) is 16.8. The van der Waals surface area contributed by atoms with E-state index in [9.17, 15) is 19.2 Å². The summed E-state index contributed by atoms with van der Waals surface area (Å²) in [5.74, 6) is -1.50. The number of rotatable bonds is 11. The molecule has 4 amide bonds.